The molecule has 176 valence electrons. The summed E-state index contributed by atoms with van der Waals surface area (Å²) in [7, 11) is -0.772. The van der Waals surface area contributed by atoms with Gasteiger partial charge in [0, 0.05) is 26.3 Å². The molecule has 1 heterocycles. The molecule has 11 heteroatoms. The van der Waals surface area contributed by atoms with Crippen molar-refractivity contribution in [3.63, 3.8) is 0 Å². The van der Waals surface area contributed by atoms with E-state index in [1.165, 1.54) is 35.7 Å². The topological polar surface area (TPSA) is 71.5 Å². The second-order valence-electron chi connectivity index (χ2n) is 7.16. The summed E-state index contributed by atoms with van der Waals surface area (Å²) in [5, 5.41) is 2.99. The molecule has 0 saturated carbocycles. The van der Waals surface area contributed by atoms with Crippen LogP contribution in [-0.4, -0.2) is 31.9 Å². The highest BCUT2D eigenvalue weighted by atomic mass is 79.9. The van der Waals surface area contributed by atoms with Crippen LogP contribution in [0.15, 0.2) is 70.2 Å². The molecule has 6 nitrogen and oxygen atoms in total. The number of hydrogen-bond donors (Lipinski definition) is 1. The van der Waals surface area contributed by atoms with Gasteiger partial charge < -0.3 is 10.1 Å². The van der Waals surface area contributed by atoms with Gasteiger partial charge in [-0.25, -0.2) is 13.4 Å². The molecule has 3 aromatic rings. The zero-order valence-electron chi connectivity index (χ0n) is 17.7. The van der Waals surface area contributed by atoms with Crippen LogP contribution in [0.5, 0.6) is 5.75 Å². The summed E-state index contributed by atoms with van der Waals surface area (Å²) in [4.78, 5) is 4.17. The maximum absolute atomic E-state index is 12.9. The maximum atomic E-state index is 12.9. The summed E-state index contributed by atoms with van der Waals surface area (Å²) >= 11 is 3.31. The summed E-state index contributed by atoms with van der Waals surface area (Å²) in [6.45, 7) is 0.380. The lowest BCUT2D eigenvalue weighted by Crippen LogP contribution is -2.26. The molecule has 0 unspecified atom stereocenters. The molecule has 0 aliphatic rings. The average molecular weight is 544 g/mol. The van der Waals surface area contributed by atoms with Crippen molar-refractivity contribution in [2.45, 2.75) is 24.2 Å². The SMILES string of the molecule is COc1ccc(CN(C)S(=O)(=O)c2cnc(NCc3ccc(C(F)(F)F)cc3)c(Br)c2)cc1. The minimum atomic E-state index is -4.39. The molecule has 1 N–H and O–H groups in total. The number of nitrogens with zero attached hydrogens (tertiary/aromatic N) is 2. The molecule has 3 rings (SSSR count). The van der Waals surface area contributed by atoms with Crippen molar-refractivity contribution < 1.29 is 26.3 Å². The third kappa shape index (κ3) is 6.24. The number of alkyl halides is 3. The Labute approximate surface area is 198 Å². The number of halogens is 4. The Morgan fingerprint density at radius 3 is 2.21 bits per heavy atom. The lowest BCUT2D eigenvalue weighted by atomic mass is 10.1. The number of benzene rings is 2. The number of anilines is 1. The second kappa shape index (κ2) is 10.1. The van der Waals surface area contributed by atoms with E-state index >= 15 is 0 Å². The van der Waals surface area contributed by atoms with E-state index in [2.05, 4.69) is 26.2 Å². The number of ether oxygens (including phenoxy) is 1. The predicted octanol–water partition coefficient (Wildman–Crippen LogP) is 5.30. The Morgan fingerprint density at radius 2 is 1.67 bits per heavy atom. The van der Waals surface area contributed by atoms with Crippen molar-refractivity contribution >= 4 is 31.8 Å². The van der Waals surface area contributed by atoms with Crippen molar-refractivity contribution in [2.75, 3.05) is 19.5 Å². The number of aromatic nitrogens is 1. The van der Waals surface area contributed by atoms with Crippen molar-refractivity contribution in [1.82, 2.24) is 9.29 Å². The minimum Gasteiger partial charge on any atom is -0.497 e. The number of sulfonamides is 1. The summed E-state index contributed by atoms with van der Waals surface area (Å²) < 4.78 is 70.7. The van der Waals surface area contributed by atoms with Gasteiger partial charge in [0.2, 0.25) is 10.0 Å². The molecule has 0 aliphatic carbocycles. The maximum Gasteiger partial charge on any atom is 0.416 e. The van der Waals surface area contributed by atoms with Crippen molar-refractivity contribution in [3.05, 3.63) is 82.0 Å². The first-order chi connectivity index (χ1) is 15.5. The van der Waals surface area contributed by atoms with E-state index in [-0.39, 0.29) is 18.0 Å². The standard InChI is InChI=1S/C22H21BrF3N3O3S/c1-29(14-16-5-9-18(32-2)10-6-16)33(30,31)19-11-20(23)21(28-13-19)27-12-15-3-7-17(8-4-15)22(24,25)26/h3-11,13H,12,14H2,1-2H3,(H,27,28). The van der Waals surface area contributed by atoms with Crippen LogP contribution in [0.25, 0.3) is 0 Å². The van der Waals surface area contributed by atoms with Gasteiger partial charge in [-0.05, 0) is 57.4 Å². The minimum absolute atomic E-state index is 0.00506. The van der Waals surface area contributed by atoms with Crippen LogP contribution in [0.3, 0.4) is 0 Å². The van der Waals surface area contributed by atoms with Crippen LogP contribution in [-0.2, 0) is 29.3 Å². The number of methoxy groups -OCH3 is 1. The summed E-state index contributed by atoms with van der Waals surface area (Å²) in [5.41, 5.74) is 0.690. The van der Waals surface area contributed by atoms with Gasteiger partial charge in [-0.1, -0.05) is 24.3 Å². The fraction of sp³-hybridized carbons (Fsp3) is 0.227. The molecule has 0 atom stereocenters. The second-order valence-corrected chi connectivity index (χ2v) is 10.1. The van der Waals surface area contributed by atoms with Crippen LogP contribution < -0.4 is 10.1 Å². The van der Waals surface area contributed by atoms with E-state index in [9.17, 15) is 21.6 Å². The molecule has 2 aromatic carbocycles. The van der Waals surface area contributed by atoms with E-state index < -0.39 is 21.8 Å². The average Bonchev–Trinajstić information content (AvgIpc) is 2.78. The fourth-order valence-electron chi connectivity index (χ4n) is 2.94. The highest BCUT2D eigenvalue weighted by Crippen LogP contribution is 2.30. The Kier molecular flexibility index (Phi) is 7.65. The molecule has 0 aliphatic heterocycles. The number of nitrogens with one attached hydrogen (secondary N) is 1. The first-order valence-electron chi connectivity index (χ1n) is 9.65. The van der Waals surface area contributed by atoms with Crippen LogP contribution >= 0.6 is 15.9 Å². The van der Waals surface area contributed by atoms with Crippen LogP contribution in [0.2, 0.25) is 0 Å². The number of hydrogen-bond acceptors (Lipinski definition) is 5. The number of rotatable bonds is 8. The van der Waals surface area contributed by atoms with E-state index in [1.807, 2.05) is 0 Å². The molecule has 1 aromatic heterocycles. The highest BCUT2D eigenvalue weighted by Gasteiger charge is 2.30. The molecular weight excluding hydrogens is 523 g/mol. The molecule has 0 radical (unpaired) electrons. The van der Waals surface area contributed by atoms with Gasteiger partial charge in [0.15, 0.2) is 0 Å². The smallest absolute Gasteiger partial charge is 0.416 e. The fourth-order valence-corrected chi connectivity index (χ4v) is 4.71. The van der Waals surface area contributed by atoms with E-state index in [4.69, 9.17) is 4.74 Å². The molecule has 0 bridgehead atoms. The van der Waals surface area contributed by atoms with E-state index in [0.29, 0.717) is 21.6 Å². The van der Waals surface area contributed by atoms with E-state index in [0.717, 1.165) is 17.7 Å². The Morgan fingerprint density at radius 1 is 1.06 bits per heavy atom. The van der Waals surface area contributed by atoms with Gasteiger partial charge in [-0.3, -0.25) is 0 Å². The molecule has 33 heavy (non-hydrogen) atoms. The van der Waals surface area contributed by atoms with Gasteiger partial charge >= 0.3 is 6.18 Å². The van der Waals surface area contributed by atoms with Gasteiger partial charge in [-0.2, -0.15) is 17.5 Å². The van der Waals surface area contributed by atoms with Gasteiger partial charge in [0.05, 0.1) is 17.1 Å². The van der Waals surface area contributed by atoms with Crippen molar-refractivity contribution in [3.8, 4) is 5.75 Å². The predicted molar refractivity (Wildman–Crippen MR) is 122 cm³/mol. The molecule has 0 amide bonds. The summed E-state index contributed by atoms with van der Waals surface area (Å²) in [6.07, 6.45) is -3.15. The first-order valence-corrected chi connectivity index (χ1v) is 11.9. The monoisotopic (exact) mass is 543 g/mol. The quantitative estimate of drug-likeness (QED) is 0.417. The van der Waals surface area contributed by atoms with Gasteiger partial charge in [0.1, 0.15) is 16.5 Å². The Bertz CT molecular complexity index is 1200. The van der Waals surface area contributed by atoms with Gasteiger partial charge in [-0.15, -0.1) is 0 Å². The van der Waals surface area contributed by atoms with E-state index in [1.54, 1.807) is 31.4 Å². The van der Waals surface area contributed by atoms with Crippen molar-refractivity contribution in [1.29, 1.82) is 0 Å². The third-order valence-corrected chi connectivity index (χ3v) is 7.20. The zero-order valence-corrected chi connectivity index (χ0v) is 20.1. The van der Waals surface area contributed by atoms with Crippen LogP contribution in [0.1, 0.15) is 16.7 Å². The Hall–Kier alpha value is -2.63. The summed E-state index contributed by atoms with van der Waals surface area (Å²) in [5.74, 6) is 1.04. The molecule has 0 spiro atoms. The first kappa shape index (κ1) is 25.0. The Balaban J connectivity index is 1.68. The van der Waals surface area contributed by atoms with Crippen LogP contribution in [0.4, 0.5) is 19.0 Å². The third-order valence-electron chi connectivity index (χ3n) is 4.83. The number of pyridine rings is 1. The van der Waals surface area contributed by atoms with Crippen molar-refractivity contribution in [2.24, 2.45) is 0 Å². The van der Waals surface area contributed by atoms with Gasteiger partial charge in [0.25, 0.3) is 0 Å². The molecular formula is C22H21BrF3N3O3S. The lowest BCUT2D eigenvalue weighted by Gasteiger charge is -2.18. The largest absolute Gasteiger partial charge is 0.497 e. The molecule has 0 fully saturated rings. The zero-order chi connectivity index (χ0) is 24.2. The van der Waals surface area contributed by atoms with Crippen LogP contribution in [0, 0.1) is 0 Å². The molecule has 0 saturated heterocycles. The lowest BCUT2D eigenvalue weighted by molar-refractivity contribution is -0.137. The summed E-state index contributed by atoms with van der Waals surface area (Å²) in [6, 6.07) is 13.3. The highest BCUT2D eigenvalue weighted by molar-refractivity contribution is 9.10. The normalized spacial score (nSPS) is 12.1.